The molecule has 5 nitrogen and oxygen atoms in total. The average Bonchev–Trinajstić information content (AvgIpc) is 2.90. The first kappa shape index (κ1) is 15.7. The van der Waals surface area contributed by atoms with E-state index >= 15 is 0 Å². The van der Waals surface area contributed by atoms with E-state index in [1.807, 2.05) is 60.7 Å². The van der Waals surface area contributed by atoms with Crippen molar-refractivity contribution in [2.24, 2.45) is 0 Å². The predicted octanol–water partition coefficient (Wildman–Crippen LogP) is 2.58. The van der Waals surface area contributed by atoms with Crippen molar-refractivity contribution in [3.8, 4) is 0 Å². The molecule has 4 rings (SSSR count). The Hall–Kier alpha value is -1.76. The molecule has 2 aliphatic rings. The number of fused-ring (bicyclic) bond motifs is 2. The molecular formula is C19H20O5. The molecule has 2 aromatic carbocycles. The fraction of sp³-hybridized carbons (Fsp3) is 0.368. The summed E-state index contributed by atoms with van der Waals surface area (Å²) in [5, 5.41) is 10.6. The van der Waals surface area contributed by atoms with Crippen molar-refractivity contribution in [2.45, 2.75) is 30.9 Å². The van der Waals surface area contributed by atoms with Crippen LogP contribution in [-0.2, 0) is 18.9 Å². The zero-order valence-electron chi connectivity index (χ0n) is 13.2. The van der Waals surface area contributed by atoms with Gasteiger partial charge in [0.1, 0.15) is 18.3 Å². The van der Waals surface area contributed by atoms with Gasteiger partial charge in [-0.05, 0) is 0 Å². The van der Waals surface area contributed by atoms with E-state index < -0.39 is 30.9 Å². The summed E-state index contributed by atoms with van der Waals surface area (Å²) in [7, 11) is 0. The van der Waals surface area contributed by atoms with Gasteiger partial charge in [-0.3, -0.25) is 0 Å². The summed E-state index contributed by atoms with van der Waals surface area (Å²) in [5.41, 5.74) is 1.83. The van der Waals surface area contributed by atoms with Crippen LogP contribution in [0, 0.1) is 0 Å². The normalized spacial score (nSPS) is 33.5. The molecule has 3 unspecified atom stereocenters. The fourth-order valence-electron chi connectivity index (χ4n) is 3.01. The van der Waals surface area contributed by atoms with Crippen LogP contribution >= 0.6 is 0 Å². The van der Waals surface area contributed by atoms with Gasteiger partial charge >= 0.3 is 0 Å². The number of aliphatic hydroxyl groups is 1. The Balaban J connectivity index is 1.53. The van der Waals surface area contributed by atoms with Crippen LogP contribution in [0.3, 0.4) is 0 Å². The monoisotopic (exact) mass is 328 g/mol. The maximum absolute atomic E-state index is 10.6. The topological polar surface area (TPSA) is 57.2 Å². The van der Waals surface area contributed by atoms with E-state index in [0.717, 1.165) is 11.1 Å². The first-order valence-electron chi connectivity index (χ1n) is 8.13. The van der Waals surface area contributed by atoms with Crippen molar-refractivity contribution in [2.75, 3.05) is 13.2 Å². The molecule has 5 atom stereocenters. The Labute approximate surface area is 140 Å². The van der Waals surface area contributed by atoms with Gasteiger partial charge in [0.25, 0.3) is 0 Å². The van der Waals surface area contributed by atoms with E-state index in [1.54, 1.807) is 0 Å². The molecule has 0 radical (unpaired) electrons. The van der Waals surface area contributed by atoms with E-state index in [1.165, 1.54) is 0 Å². The molecule has 0 amide bonds. The lowest BCUT2D eigenvalue weighted by Crippen LogP contribution is -2.40. The molecule has 2 aliphatic heterocycles. The molecule has 2 aromatic rings. The van der Waals surface area contributed by atoms with Crippen LogP contribution in [0.25, 0.3) is 0 Å². The lowest BCUT2D eigenvalue weighted by Gasteiger charge is -2.24. The van der Waals surface area contributed by atoms with Gasteiger partial charge in [-0.15, -0.1) is 0 Å². The first-order valence-corrected chi connectivity index (χ1v) is 8.13. The minimum Gasteiger partial charge on any atom is -0.388 e. The second-order valence-corrected chi connectivity index (χ2v) is 5.99. The van der Waals surface area contributed by atoms with E-state index in [-0.39, 0.29) is 13.2 Å². The highest BCUT2D eigenvalue weighted by molar-refractivity contribution is 5.17. The van der Waals surface area contributed by atoms with Crippen molar-refractivity contribution in [3.63, 3.8) is 0 Å². The van der Waals surface area contributed by atoms with Gasteiger partial charge in [-0.1, -0.05) is 60.7 Å². The van der Waals surface area contributed by atoms with Crippen LogP contribution in [0.5, 0.6) is 0 Å². The van der Waals surface area contributed by atoms with Gasteiger partial charge in [0.05, 0.1) is 13.2 Å². The summed E-state index contributed by atoms with van der Waals surface area (Å²) in [6.07, 6.45) is -2.87. The second-order valence-electron chi connectivity index (χ2n) is 5.99. The predicted molar refractivity (Wildman–Crippen MR) is 86.0 cm³/mol. The van der Waals surface area contributed by atoms with Crippen molar-refractivity contribution in [3.05, 3.63) is 71.8 Å². The van der Waals surface area contributed by atoms with E-state index in [4.69, 9.17) is 18.9 Å². The molecule has 2 bridgehead atoms. The number of hydrogen-bond donors (Lipinski definition) is 1. The smallest absolute Gasteiger partial charge is 0.184 e. The second kappa shape index (κ2) is 7.01. The Morgan fingerprint density at radius 2 is 1.08 bits per heavy atom. The van der Waals surface area contributed by atoms with Crippen LogP contribution < -0.4 is 0 Å². The average molecular weight is 328 g/mol. The summed E-state index contributed by atoms with van der Waals surface area (Å²) in [6, 6.07) is 19.4. The Bertz CT molecular complexity index is 590. The maximum Gasteiger partial charge on any atom is 0.184 e. The first-order chi connectivity index (χ1) is 11.8. The van der Waals surface area contributed by atoms with E-state index in [2.05, 4.69) is 0 Å². The summed E-state index contributed by atoms with van der Waals surface area (Å²) in [4.78, 5) is 0. The molecular weight excluding hydrogens is 308 g/mol. The Morgan fingerprint density at radius 3 is 1.50 bits per heavy atom. The van der Waals surface area contributed by atoms with Crippen molar-refractivity contribution >= 4 is 0 Å². The molecule has 24 heavy (non-hydrogen) atoms. The number of ether oxygens (including phenoxy) is 4. The molecule has 1 N–H and O–H groups in total. The zero-order chi connectivity index (χ0) is 16.4. The quantitative estimate of drug-likeness (QED) is 0.918. The number of benzene rings is 2. The molecule has 0 aromatic heterocycles. The highest BCUT2D eigenvalue weighted by Gasteiger charge is 2.41. The highest BCUT2D eigenvalue weighted by atomic mass is 16.7. The SMILES string of the molecule is OC1[C@@H]2COC(c3ccccc3)O[C@@H]1COC(c1ccccc1)O2. The van der Waals surface area contributed by atoms with Gasteiger partial charge in [0.15, 0.2) is 12.6 Å². The van der Waals surface area contributed by atoms with E-state index in [9.17, 15) is 5.11 Å². The Morgan fingerprint density at radius 1 is 0.667 bits per heavy atom. The molecule has 0 spiro atoms. The molecule has 126 valence electrons. The summed E-state index contributed by atoms with van der Waals surface area (Å²) < 4.78 is 23.6. The lowest BCUT2D eigenvalue weighted by atomic mass is 10.1. The third kappa shape index (κ3) is 3.22. The van der Waals surface area contributed by atoms with Crippen LogP contribution in [0.2, 0.25) is 0 Å². The van der Waals surface area contributed by atoms with Gasteiger partial charge in [-0.2, -0.15) is 0 Å². The van der Waals surface area contributed by atoms with Gasteiger partial charge in [0.2, 0.25) is 0 Å². The van der Waals surface area contributed by atoms with Gasteiger partial charge in [0, 0.05) is 11.1 Å². The van der Waals surface area contributed by atoms with Crippen molar-refractivity contribution < 1.29 is 24.1 Å². The molecule has 2 fully saturated rings. The van der Waals surface area contributed by atoms with E-state index in [0.29, 0.717) is 0 Å². The third-order valence-electron chi connectivity index (χ3n) is 4.33. The van der Waals surface area contributed by atoms with Gasteiger partial charge in [-0.25, -0.2) is 0 Å². The summed E-state index contributed by atoms with van der Waals surface area (Å²) in [6.45, 7) is 0.480. The molecule has 0 saturated carbocycles. The maximum atomic E-state index is 10.6. The molecule has 5 heteroatoms. The highest BCUT2D eigenvalue weighted by Crippen LogP contribution is 2.33. The standard InChI is InChI=1S/C19H20O5/c20-17-15-12-22-19(14-9-5-2-6-10-14)24-16(17)11-21-18(23-15)13-7-3-1-4-8-13/h1-10,15-20H,11-12H2/t15-,16+,17?,18?,19?. The van der Waals surface area contributed by atoms with Gasteiger partial charge < -0.3 is 24.1 Å². The van der Waals surface area contributed by atoms with Crippen LogP contribution in [0.15, 0.2) is 60.7 Å². The Kier molecular flexibility index (Phi) is 4.60. The third-order valence-corrected chi connectivity index (χ3v) is 4.33. The minimum absolute atomic E-state index is 0.240. The summed E-state index contributed by atoms with van der Waals surface area (Å²) in [5.74, 6) is 0. The van der Waals surface area contributed by atoms with Crippen LogP contribution in [0.4, 0.5) is 0 Å². The summed E-state index contributed by atoms with van der Waals surface area (Å²) >= 11 is 0. The minimum atomic E-state index is -0.799. The number of rotatable bonds is 2. The lowest BCUT2D eigenvalue weighted by molar-refractivity contribution is -0.222. The molecule has 2 saturated heterocycles. The molecule has 2 heterocycles. The largest absolute Gasteiger partial charge is 0.388 e. The molecule has 0 aliphatic carbocycles. The van der Waals surface area contributed by atoms with Crippen molar-refractivity contribution in [1.29, 1.82) is 0 Å². The fourth-order valence-corrected chi connectivity index (χ4v) is 3.01. The number of aliphatic hydroxyl groups excluding tert-OH is 1. The van der Waals surface area contributed by atoms with Crippen molar-refractivity contribution in [1.82, 2.24) is 0 Å². The number of hydrogen-bond acceptors (Lipinski definition) is 5. The zero-order valence-corrected chi connectivity index (χ0v) is 13.2. The van der Waals surface area contributed by atoms with Crippen LogP contribution in [-0.4, -0.2) is 36.6 Å². The van der Waals surface area contributed by atoms with Crippen LogP contribution in [0.1, 0.15) is 23.7 Å².